The first-order valence-corrected chi connectivity index (χ1v) is 13.7. The number of amides is 2. The van der Waals surface area contributed by atoms with E-state index >= 15 is 4.39 Å². The third kappa shape index (κ3) is 4.37. The zero-order valence-corrected chi connectivity index (χ0v) is 22.9. The van der Waals surface area contributed by atoms with E-state index in [1.807, 2.05) is 6.08 Å². The Bertz CT molecular complexity index is 1570. The van der Waals surface area contributed by atoms with Crippen molar-refractivity contribution in [1.29, 1.82) is 0 Å². The van der Waals surface area contributed by atoms with Crippen LogP contribution in [-0.2, 0) is 36.8 Å². The number of esters is 1. The summed E-state index contributed by atoms with van der Waals surface area (Å²) >= 11 is 0. The molecule has 1 aliphatic carbocycles. The van der Waals surface area contributed by atoms with Crippen molar-refractivity contribution in [3.63, 3.8) is 0 Å². The van der Waals surface area contributed by atoms with E-state index in [1.165, 1.54) is 6.07 Å². The van der Waals surface area contributed by atoms with E-state index in [2.05, 4.69) is 15.5 Å². The number of nitrogens with zero attached hydrogens (tertiary/aromatic N) is 2. The predicted molar refractivity (Wildman–Crippen MR) is 145 cm³/mol. The van der Waals surface area contributed by atoms with E-state index in [0.717, 1.165) is 33.3 Å². The van der Waals surface area contributed by atoms with Crippen LogP contribution in [0.2, 0.25) is 0 Å². The summed E-state index contributed by atoms with van der Waals surface area (Å²) < 4.78 is 25.6. The number of carbonyl (C=O) groups excluding carboxylic acids is 3. The summed E-state index contributed by atoms with van der Waals surface area (Å²) in [7, 11) is 0. The molecule has 1 aromatic carbocycles. The normalized spacial score (nSPS) is 22.6. The molecule has 0 bridgehead atoms. The molecule has 0 saturated carbocycles. The first-order valence-electron chi connectivity index (χ1n) is 13.7. The summed E-state index contributed by atoms with van der Waals surface area (Å²) in [6.07, 6.45) is 3.10. The zero-order chi connectivity index (χ0) is 29.1. The monoisotopic (exact) mass is 565 g/mol. The Kier molecular flexibility index (Phi) is 6.79. The van der Waals surface area contributed by atoms with Crippen molar-refractivity contribution in [2.24, 2.45) is 5.73 Å². The van der Waals surface area contributed by atoms with E-state index < -0.39 is 11.6 Å². The van der Waals surface area contributed by atoms with Gasteiger partial charge >= 0.3 is 5.97 Å². The number of ether oxygens (including phenoxy) is 2. The molecule has 41 heavy (non-hydrogen) atoms. The fraction of sp³-hybridized carbons (Fsp3) is 0.448. The predicted octanol–water partition coefficient (Wildman–Crippen LogP) is 0.999. The molecule has 216 valence electrons. The van der Waals surface area contributed by atoms with Gasteiger partial charge in [-0.2, -0.15) is 0 Å². The van der Waals surface area contributed by atoms with Gasteiger partial charge in [-0.15, -0.1) is 0 Å². The second-order valence-corrected chi connectivity index (χ2v) is 10.9. The molecule has 0 fully saturated rings. The van der Waals surface area contributed by atoms with Gasteiger partial charge in [-0.3, -0.25) is 9.59 Å². The van der Waals surface area contributed by atoms with Crippen molar-refractivity contribution in [2.45, 2.75) is 51.3 Å². The third-order valence-corrected chi connectivity index (χ3v) is 8.55. The largest absolute Gasteiger partial charge is 0.459 e. The van der Waals surface area contributed by atoms with Crippen LogP contribution in [0.15, 0.2) is 23.3 Å². The lowest BCUT2D eigenvalue weighted by atomic mass is 9.81. The number of hydrogen-bond acceptors (Lipinski definition) is 9. The van der Waals surface area contributed by atoms with Gasteiger partial charge in [-0.05, 0) is 54.5 Å². The number of cyclic esters (lactones) is 1. The van der Waals surface area contributed by atoms with Gasteiger partial charge in [-0.1, -0.05) is 6.92 Å². The topological polar surface area (TPSA) is 156 Å². The number of aryl methyl sites for hydroxylation is 1. The van der Waals surface area contributed by atoms with E-state index in [-0.39, 0.29) is 56.6 Å². The van der Waals surface area contributed by atoms with Crippen molar-refractivity contribution in [3.8, 4) is 0 Å². The first kappa shape index (κ1) is 27.3. The Hall–Kier alpha value is -3.87. The van der Waals surface area contributed by atoms with Gasteiger partial charge in [0, 0.05) is 35.7 Å². The van der Waals surface area contributed by atoms with Crippen LogP contribution in [-0.4, -0.2) is 71.4 Å². The SMILES string of the molecule is CC[C@@]1(O)C(=O)OCC2=C1C=C1c3nc4cc(F)c(C)c5c4c(c3CN1C2)[C@@H](NC(=O)COCNC(=O)CN)CC5. The maximum Gasteiger partial charge on any atom is 0.343 e. The van der Waals surface area contributed by atoms with E-state index in [4.69, 9.17) is 20.2 Å². The van der Waals surface area contributed by atoms with E-state index in [0.29, 0.717) is 48.3 Å². The summed E-state index contributed by atoms with van der Waals surface area (Å²) in [5.74, 6) is -1.75. The van der Waals surface area contributed by atoms with Gasteiger partial charge in [0.05, 0.1) is 29.5 Å². The lowest BCUT2D eigenvalue weighted by molar-refractivity contribution is -0.163. The van der Waals surface area contributed by atoms with E-state index in [9.17, 15) is 19.5 Å². The smallest absolute Gasteiger partial charge is 0.343 e. The summed E-state index contributed by atoms with van der Waals surface area (Å²) in [6, 6.07) is 1.06. The lowest BCUT2D eigenvalue weighted by Gasteiger charge is -2.37. The molecule has 6 rings (SSSR count). The highest BCUT2D eigenvalue weighted by Gasteiger charge is 2.47. The maximum absolute atomic E-state index is 15.0. The summed E-state index contributed by atoms with van der Waals surface area (Å²) in [5.41, 5.74) is 10.0. The molecule has 0 unspecified atom stereocenters. The minimum atomic E-state index is -1.74. The molecule has 4 heterocycles. The van der Waals surface area contributed by atoms with E-state index in [1.54, 1.807) is 13.8 Å². The highest BCUT2D eigenvalue weighted by Crippen LogP contribution is 2.48. The van der Waals surface area contributed by atoms with Crippen molar-refractivity contribution >= 4 is 34.4 Å². The van der Waals surface area contributed by atoms with Gasteiger partial charge in [0.15, 0.2) is 5.60 Å². The van der Waals surface area contributed by atoms with Gasteiger partial charge in [0.1, 0.15) is 25.8 Å². The molecule has 0 spiro atoms. The van der Waals surface area contributed by atoms with Crippen molar-refractivity contribution in [2.75, 3.05) is 33.0 Å². The molecular weight excluding hydrogens is 533 g/mol. The molecule has 11 nitrogen and oxygen atoms in total. The maximum atomic E-state index is 15.0. The molecule has 2 amide bonds. The quantitative estimate of drug-likeness (QED) is 0.219. The molecule has 4 aliphatic rings. The average molecular weight is 566 g/mol. The Morgan fingerprint density at radius 2 is 2.12 bits per heavy atom. The third-order valence-electron chi connectivity index (χ3n) is 8.55. The van der Waals surface area contributed by atoms with Crippen LogP contribution >= 0.6 is 0 Å². The standard InChI is InChI=1S/C29H32FN5O6/c1-3-29(39)18-6-22-27-17(10-35(22)9-15(18)11-41-28(29)38)26-20(33-24(37)12-40-13-32-23(36)8-31)5-4-16-14(2)19(30)7-21(34-27)25(16)26/h6-7,20,39H,3-5,8-13,31H2,1-2H3,(H,32,36)(H,33,37)/t20-,29-/m0/s1. The minimum Gasteiger partial charge on any atom is -0.459 e. The highest BCUT2D eigenvalue weighted by atomic mass is 19.1. The fourth-order valence-corrected chi connectivity index (χ4v) is 6.40. The number of halogens is 1. The van der Waals surface area contributed by atoms with Gasteiger partial charge in [0.2, 0.25) is 11.8 Å². The Morgan fingerprint density at radius 3 is 2.88 bits per heavy atom. The lowest BCUT2D eigenvalue weighted by Crippen LogP contribution is -2.47. The molecule has 1 aromatic heterocycles. The Balaban J connectivity index is 1.40. The first-order chi connectivity index (χ1) is 19.7. The van der Waals surface area contributed by atoms with Gasteiger partial charge < -0.3 is 35.8 Å². The minimum absolute atomic E-state index is 0.105. The second-order valence-electron chi connectivity index (χ2n) is 10.9. The summed E-state index contributed by atoms with van der Waals surface area (Å²) in [5, 5.41) is 17.6. The number of nitrogens with one attached hydrogen (secondary N) is 2. The number of hydrogen-bond donors (Lipinski definition) is 4. The zero-order valence-electron chi connectivity index (χ0n) is 22.9. The molecular formula is C29H32FN5O6. The van der Waals surface area contributed by atoms with Crippen LogP contribution in [0.4, 0.5) is 4.39 Å². The van der Waals surface area contributed by atoms with Crippen molar-refractivity contribution in [1.82, 2.24) is 20.5 Å². The van der Waals surface area contributed by atoms with Gasteiger partial charge in [0.25, 0.3) is 0 Å². The Labute approximate surface area is 235 Å². The average Bonchev–Trinajstić information content (AvgIpc) is 3.32. The van der Waals surface area contributed by atoms with Crippen molar-refractivity contribution < 1.29 is 33.4 Å². The molecule has 12 heteroatoms. The van der Waals surface area contributed by atoms with Crippen LogP contribution in [0.5, 0.6) is 0 Å². The van der Waals surface area contributed by atoms with Crippen LogP contribution in [0, 0.1) is 12.7 Å². The van der Waals surface area contributed by atoms with Gasteiger partial charge in [-0.25, -0.2) is 14.2 Å². The number of fused-ring (bicyclic) bond motifs is 4. The molecule has 2 atom stereocenters. The number of aliphatic hydroxyl groups is 1. The number of benzene rings is 1. The molecule has 5 N–H and O–H groups in total. The van der Waals surface area contributed by atoms with Crippen LogP contribution in [0.1, 0.15) is 53.8 Å². The Morgan fingerprint density at radius 1 is 1.32 bits per heavy atom. The number of pyridine rings is 1. The van der Waals surface area contributed by atoms with Crippen LogP contribution in [0.25, 0.3) is 16.6 Å². The van der Waals surface area contributed by atoms with Crippen LogP contribution in [0.3, 0.4) is 0 Å². The number of carbonyl (C=O) groups is 3. The molecule has 3 aliphatic heterocycles. The molecule has 0 radical (unpaired) electrons. The number of aromatic nitrogens is 1. The summed E-state index contributed by atoms with van der Waals surface area (Å²) in [4.78, 5) is 43.8. The highest BCUT2D eigenvalue weighted by molar-refractivity contribution is 5.94. The number of rotatable bonds is 7. The molecule has 0 saturated heterocycles. The molecule has 2 aromatic rings. The summed E-state index contributed by atoms with van der Waals surface area (Å²) in [6.45, 7) is 3.97. The van der Waals surface area contributed by atoms with Crippen LogP contribution < -0.4 is 16.4 Å². The van der Waals surface area contributed by atoms with Crippen molar-refractivity contribution in [3.05, 3.63) is 57.1 Å². The number of nitrogens with two attached hydrogens (primary N) is 1. The fourth-order valence-electron chi connectivity index (χ4n) is 6.40. The second kappa shape index (κ2) is 10.2.